The van der Waals surface area contributed by atoms with Crippen LogP contribution in [0.2, 0.25) is 0 Å². The number of piperidine rings is 1. The van der Waals surface area contributed by atoms with Crippen LogP contribution >= 0.6 is 12.4 Å². The van der Waals surface area contributed by atoms with E-state index < -0.39 is 15.9 Å². The van der Waals surface area contributed by atoms with Gasteiger partial charge in [-0.1, -0.05) is 0 Å². The number of nitrogens with one attached hydrogen (secondary N) is 2. The Morgan fingerprint density at radius 1 is 1.38 bits per heavy atom. The van der Waals surface area contributed by atoms with Crippen LogP contribution in [0.15, 0.2) is 0 Å². The van der Waals surface area contributed by atoms with Crippen molar-refractivity contribution in [3.8, 4) is 6.07 Å². The minimum Gasteiger partial charge on any atom is -0.367 e. The fraction of sp³-hybridized carbons (Fsp3) is 0.800. The molecule has 1 aliphatic carbocycles. The number of nitrogens with zero attached hydrogens (tertiary/aromatic N) is 2. The van der Waals surface area contributed by atoms with Gasteiger partial charge in [-0.2, -0.15) is 5.26 Å². The number of hydrogen-bond donors (Lipinski definition) is 2. The zero-order valence-corrected chi connectivity index (χ0v) is 16.0. The van der Waals surface area contributed by atoms with E-state index in [9.17, 15) is 18.0 Å². The first-order valence-corrected chi connectivity index (χ1v) is 10.3. The number of amides is 2. The molecule has 146 valence electrons. The van der Waals surface area contributed by atoms with E-state index in [4.69, 9.17) is 10.00 Å². The molecule has 5 atom stereocenters. The van der Waals surface area contributed by atoms with Crippen molar-refractivity contribution < 1.29 is 22.7 Å². The van der Waals surface area contributed by atoms with Gasteiger partial charge in [-0.25, -0.2) is 8.42 Å². The number of hydrogen-bond acceptors (Lipinski definition) is 7. The first kappa shape index (κ1) is 20.9. The molecule has 26 heavy (non-hydrogen) atoms. The van der Waals surface area contributed by atoms with Gasteiger partial charge in [0, 0.05) is 12.6 Å². The number of likely N-dealkylation sites (tertiary alicyclic amines) is 1. The molecule has 0 aromatic heterocycles. The maximum Gasteiger partial charge on any atom is 0.259 e. The zero-order chi connectivity index (χ0) is 18.2. The van der Waals surface area contributed by atoms with Crippen molar-refractivity contribution in [2.24, 2.45) is 5.92 Å². The molecule has 3 fully saturated rings. The summed E-state index contributed by atoms with van der Waals surface area (Å²) in [6, 6.07) is 1.51. The van der Waals surface area contributed by atoms with E-state index >= 15 is 0 Å². The Labute approximate surface area is 158 Å². The number of carbonyl (C=O) groups excluding carboxylic acids is 2. The number of halogens is 1. The SMILES string of the molecule is CS(=O)(=O)NC(=O)CO[C@@H]1C[C@H]2C[C@@H]1N[C@@H]2C(=O)N1CCC[C@H]1C#N.Cl. The second-order valence-corrected chi connectivity index (χ2v) is 8.70. The number of rotatable bonds is 5. The Morgan fingerprint density at radius 2 is 2.12 bits per heavy atom. The lowest BCUT2D eigenvalue weighted by molar-refractivity contribution is -0.136. The van der Waals surface area contributed by atoms with Gasteiger partial charge in [0.05, 0.1) is 24.5 Å². The van der Waals surface area contributed by atoms with Crippen LogP contribution in [0.25, 0.3) is 0 Å². The van der Waals surface area contributed by atoms with Crippen LogP contribution in [0.1, 0.15) is 25.7 Å². The summed E-state index contributed by atoms with van der Waals surface area (Å²) < 4.78 is 29.4. The summed E-state index contributed by atoms with van der Waals surface area (Å²) in [4.78, 5) is 25.8. The lowest BCUT2D eigenvalue weighted by atomic mass is 9.97. The number of ether oxygens (including phenoxy) is 1. The van der Waals surface area contributed by atoms with Gasteiger partial charge < -0.3 is 15.0 Å². The average molecular weight is 407 g/mol. The second kappa shape index (κ2) is 8.08. The molecule has 0 aromatic carbocycles. The van der Waals surface area contributed by atoms with Crippen molar-refractivity contribution in [1.29, 1.82) is 5.26 Å². The number of sulfonamides is 1. The normalized spacial score (nSPS) is 32.8. The predicted molar refractivity (Wildman–Crippen MR) is 93.8 cm³/mol. The van der Waals surface area contributed by atoms with Crippen LogP contribution < -0.4 is 10.0 Å². The summed E-state index contributed by atoms with van der Waals surface area (Å²) in [5.41, 5.74) is 0. The Kier molecular flexibility index (Phi) is 6.50. The third kappa shape index (κ3) is 4.46. The van der Waals surface area contributed by atoms with Crippen LogP contribution in [-0.2, 0) is 24.3 Å². The highest BCUT2D eigenvalue weighted by Crippen LogP contribution is 2.38. The van der Waals surface area contributed by atoms with E-state index in [1.165, 1.54) is 0 Å². The highest BCUT2D eigenvalue weighted by atomic mass is 35.5. The van der Waals surface area contributed by atoms with Gasteiger partial charge in [0.15, 0.2) is 0 Å². The number of nitriles is 1. The van der Waals surface area contributed by atoms with Gasteiger partial charge in [-0.15, -0.1) is 12.4 Å². The molecule has 11 heteroatoms. The topological polar surface area (TPSA) is 129 Å². The van der Waals surface area contributed by atoms with E-state index in [-0.39, 0.29) is 55.1 Å². The van der Waals surface area contributed by atoms with Gasteiger partial charge >= 0.3 is 0 Å². The van der Waals surface area contributed by atoms with Crippen molar-refractivity contribution in [3.05, 3.63) is 0 Å². The van der Waals surface area contributed by atoms with Crippen molar-refractivity contribution in [2.45, 2.75) is 49.9 Å². The molecule has 3 rings (SSSR count). The third-order valence-corrected chi connectivity index (χ3v) is 5.68. The summed E-state index contributed by atoms with van der Waals surface area (Å²) >= 11 is 0. The highest BCUT2D eigenvalue weighted by Gasteiger charge is 2.50. The van der Waals surface area contributed by atoms with Crippen molar-refractivity contribution in [2.75, 3.05) is 19.4 Å². The molecular formula is C15H23ClN4O5S. The lowest BCUT2D eigenvalue weighted by Gasteiger charge is -2.32. The molecule has 3 aliphatic rings. The van der Waals surface area contributed by atoms with Crippen LogP contribution in [-0.4, -0.2) is 68.8 Å². The van der Waals surface area contributed by atoms with Gasteiger partial charge in [0.2, 0.25) is 15.9 Å². The summed E-state index contributed by atoms with van der Waals surface area (Å²) in [6.45, 7) is 0.294. The summed E-state index contributed by atoms with van der Waals surface area (Å²) in [7, 11) is -3.59. The average Bonchev–Trinajstić information content (AvgIpc) is 3.24. The Balaban J connectivity index is 0.00000243. The van der Waals surface area contributed by atoms with Gasteiger partial charge in [-0.05, 0) is 31.6 Å². The quantitative estimate of drug-likeness (QED) is 0.607. The van der Waals surface area contributed by atoms with E-state index in [1.807, 2.05) is 4.72 Å². The molecule has 1 saturated carbocycles. The monoisotopic (exact) mass is 406 g/mol. The minimum atomic E-state index is -3.59. The van der Waals surface area contributed by atoms with Crippen LogP contribution in [0, 0.1) is 17.2 Å². The van der Waals surface area contributed by atoms with E-state index in [0.29, 0.717) is 13.0 Å². The standard InChI is InChI=1S/C15H22N4O5S.ClH/c1-25(22,23)18-13(20)8-24-12-6-9-5-11(12)17-14(9)15(21)19-4-2-3-10(19)7-16;/h9-12,14,17H,2-6,8H2,1H3,(H,18,20);1H/t9-,10+,11+,12-,14+;/m1./s1. The Bertz CT molecular complexity index is 709. The van der Waals surface area contributed by atoms with E-state index in [0.717, 1.165) is 25.5 Å². The maximum atomic E-state index is 12.7. The van der Waals surface area contributed by atoms with Crippen molar-refractivity contribution >= 4 is 34.2 Å². The van der Waals surface area contributed by atoms with Gasteiger partial charge in [0.25, 0.3) is 5.91 Å². The van der Waals surface area contributed by atoms with E-state index in [2.05, 4.69) is 11.4 Å². The molecule has 2 saturated heterocycles. The van der Waals surface area contributed by atoms with Crippen molar-refractivity contribution in [1.82, 2.24) is 14.9 Å². The molecule has 2 heterocycles. The van der Waals surface area contributed by atoms with Gasteiger partial charge in [0.1, 0.15) is 12.6 Å². The van der Waals surface area contributed by atoms with Crippen molar-refractivity contribution in [3.63, 3.8) is 0 Å². The Hall–Kier alpha value is -1.41. The molecule has 0 radical (unpaired) electrons. The summed E-state index contributed by atoms with van der Waals surface area (Å²) in [5.74, 6) is -0.614. The fourth-order valence-electron chi connectivity index (χ4n) is 4.07. The fourth-order valence-corrected chi connectivity index (χ4v) is 4.54. The highest BCUT2D eigenvalue weighted by molar-refractivity contribution is 7.89. The molecule has 9 nitrogen and oxygen atoms in total. The molecule has 2 aliphatic heterocycles. The first-order chi connectivity index (χ1) is 11.8. The minimum absolute atomic E-state index is 0. The van der Waals surface area contributed by atoms with Crippen LogP contribution in [0.3, 0.4) is 0 Å². The largest absolute Gasteiger partial charge is 0.367 e. The number of fused-ring (bicyclic) bond motifs is 2. The lowest BCUT2D eigenvalue weighted by Crippen LogP contribution is -2.54. The molecular weight excluding hydrogens is 384 g/mol. The van der Waals surface area contributed by atoms with Crippen LogP contribution in [0.5, 0.6) is 0 Å². The molecule has 2 bridgehead atoms. The smallest absolute Gasteiger partial charge is 0.259 e. The molecule has 0 aromatic rings. The first-order valence-electron chi connectivity index (χ1n) is 8.37. The predicted octanol–water partition coefficient (Wildman–Crippen LogP) is -0.866. The maximum absolute atomic E-state index is 12.7. The molecule has 2 N–H and O–H groups in total. The number of carbonyl (C=O) groups is 2. The second-order valence-electron chi connectivity index (χ2n) is 6.95. The summed E-state index contributed by atoms with van der Waals surface area (Å²) in [6.07, 6.45) is 3.69. The molecule has 0 spiro atoms. The molecule has 2 amide bonds. The zero-order valence-electron chi connectivity index (χ0n) is 14.4. The van der Waals surface area contributed by atoms with Crippen LogP contribution in [0.4, 0.5) is 0 Å². The third-order valence-electron chi connectivity index (χ3n) is 5.08. The van der Waals surface area contributed by atoms with Gasteiger partial charge in [-0.3, -0.25) is 14.3 Å². The molecule has 0 unspecified atom stereocenters. The van der Waals surface area contributed by atoms with E-state index in [1.54, 1.807) is 4.90 Å². The Morgan fingerprint density at radius 3 is 2.69 bits per heavy atom. The summed E-state index contributed by atoms with van der Waals surface area (Å²) in [5, 5.41) is 12.4.